The lowest BCUT2D eigenvalue weighted by Crippen LogP contribution is -2.41. The molecule has 11 heteroatoms. The Morgan fingerprint density at radius 1 is 1.16 bits per heavy atom. The largest absolute Gasteiger partial charge is 0.412 e. The second-order valence-corrected chi connectivity index (χ2v) is 7.85. The van der Waals surface area contributed by atoms with Crippen LogP contribution in [0, 0.1) is 12.7 Å². The molecule has 0 spiro atoms. The average Bonchev–Trinajstić information content (AvgIpc) is 3.49. The van der Waals surface area contributed by atoms with Crippen molar-refractivity contribution >= 4 is 16.7 Å². The maximum atomic E-state index is 14.6. The molecule has 2 aromatic heterocycles. The Hall–Kier alpha value is -3.11. The summed E-state index contributed by atoms with van der Waals surface area (Å²) in [5.41, 5.74) is -3.82. The number of nitrogens with one attached hydrogen (secondary N) is 1. The van der Waals surface area contributed by atoms with E-state index in [2.05, 4.69) is 15.3 Å². The predicted octanol–water partition coefficient (Wildman–Crippen LogP) is 5.40. The Kier molecular flexibility index (Phi) is 5.17. The summed E-state index contributed by atoms with van der Waals surface area (Å²) in [6.07, 6.45) is -7.01. The zero-order chi connectivity index (χ0) is 23.4. The van der Waals surface area contributed by atoms with E-state index in [0.29, 0.717) is 4.57 Å². The van der Waals surface area contributed by atoms with Crippen LogP contribution in [0.4, 0.5) is 32.2 Å². The number of aromatic nitrogens is 3. The molecule has 0 radical (unpaired) electrons. The van der Waals surface area contributed by atoms with E-state index in [1.807, 2.05) is 0 Å². The molecule has 5 nitrogen and oxygen atoms in total. The van der Waals surface area contributed by atoms with Gasteiger partial charge in [0.25, 0.3) is 12.0 Å². The van der Waals surface area contributed by atoms with E-state index < -0.39 is 41.1 Å². The van der Waals surface area contributed by atoms with Crippen LogP contribution >= 0.6 is 0 Å². The second-order valence-electron chi connectivity index (χ2n) is 7.85. The van der Waals surface area contributed by atoms with E-state index in [1.165, 1.54) is 26.0 Å². The molecule has 1 aliphatic carbocycles. The third kappa shape index (κ3) is 3.59. The lowest BCUT2D eigenvalue weighted by Gasteiger charge is -2.23. The molecule has 0 amide bonds. The normalized spacial score (nSPS) is 16.4. The van der Waals surface area contributed by atoms with E-state index >= 15 is 0 Å². The van der Waals surface area contributed by atoms with Gasteiger partial charge in [0.1, 0.15) is 23.0 Å². The van der Waals surface area contributed by atoms with Gasteiger partial charge in [-0.05, 0) is 26.7 Å². The highest BCUT2D eigenvalue weighted by molar-refractivity contribution is 5.88. The molecule has 2 heterocycles. The van der Waals surface area contributed by atoms with Gasteiger partial charge in [-0.2, -0.15) is 13.2 Å². The van der Waals surface area contributed by atoms with Gasteiger partial charge in [-0.25, -0.2) is 23.1 Å². The maximum absolute atomic E-state index is 14.6. The summed E-state index contributed by atoms with van der Waals surface area (Å²) in [4.78, 5) is 20.8. The SMILES string of the molecule is Cc1nc(N[C@H](C)c2cccc(C(F)F)c2F)c2cn(C3(C(F)(F)F)CC3)c(=O)cc2n1. The molecular formula is C21H18F6N4O. The molecule has 0 bridgehead atoms. The van der Waals surface area contributed by atoms with Crippen molar-refractivity contribution in [3.05, 3.63) is 63.6 Å². The molecule has 1 aromatic carbocycles. The highest BCUT2D eigenvalue weighted by atomic mass is 19.4. The average molecular weight is 456 g/mol. The zero-order valence-corrected chi connectivity index (χ0v) is 17.0. The molecule has 32 heavy (non-hydrogen) atoms. The van der Waals surface area contributed by atoms with Crippen LogP contribution < -0.4 is 10.9 Å². The Morgan fingerprint density at radius 3 is 2.41 bits per heavy atom. The van der Waals surface area contributed by atoms with Gasteiger partial charge in [-0.1, -0.05) is 18.2 Å². The van der Waals surface area contributed by atoms with E-state index in [0.717, 1.165) is 18.3 Å². The topological polar surface area (TPSA) is 59.8 Å². The van der Waals surface area contributed by atoms with E-state index in [9.17, 15) is 31.1 Å². The van der Waals surface area contributed by atoms with Crippen molar-refractivity contribution in [3.63, 3.8) is 0 Å². The summed E-state index contributed by atoms with van der Waals surface area (Å²) in [6, 6.07) is 3.74. The lowest BCUT2D eigenvalue weighted by atomic mass is 10.0. The Labute approximate surface area is 178 Å². The van der Waals surface area contributed by atoms with Crippen LogP contribution in [-0.4, -0.2) is 20.7 Å². The summed E-state index contributed by atoms with van der Waals surface area (Å²) in [6.45, 7) is 3.03. The number of fused-ring (bicyclic) bond motifs is 1. The minimum atomic E-state index is -4.62. The first-order chi connectivity index (χ1) is 14.9. The molecule has 0 saturated heterocycles. The minimum Gasteiger partial charge on any atom is -0.363 e. The molecule has 4 rings (SSSR count). The summed E-state index contributed by atoms with van der Waals surface area (Å²) >= 11 is 0. The smallest absolute Gasteiger partial charge is 0.363 e. The monoisotopic (exact) mass is 456 g/mol. The Balaban J connectivity index is 1.81. The number of hydrogen-bond donors (Lipinski definition) is 1. The standard InChI is InChI=1S/C21H18F6N4O/c1-10(12-4-3-5-13(17(12)22)18(23)24)28-19-14-9-31(20(6-7-20)21(25,26)27)16(32)8-15(14)29-11(2)30-19/h3-5,8-10,18H,6-7H2,1-2H3,(H,28,29,30)/t10-/m1/s1. The number of halogens is 6. The summed E-state index contributed by atoms with van der Waals surface area (Å²) in [5.74, 6) is -0.791. The molecule has 1 fully saturated rings. The number of anilines is 1. The van der Waals surface area contributed by atoms with Gasteiger partial charge in [0.2, 0.25) is 0 Å². The van der Waals surface area contributed by atoms with Crippen molar-refractivity contribution in [2.24, 2.45) is 0 Å². The van der Waals surface area contributed by atoms with Gasteiger partial charge in [-0.3, -0.25) is 9.36 Å². The second kappa shape index (κ2) is 7.49. The molecule has 1 atom stereocenters. The third-order valence-corrected chi connectivity index (χ3v) is 5.67. The molecular weight excluding hydrogens is 438 g/mol. The van der Waals surface area contributed by atoms with Crippen molar-refractivity contribution in [1.29, 1.82) is 0 Å². The molecule has 1 aliphatic rings. The lowest BCUT2D eigenvalue weighted by molar-refractivity contribution is -0.180. The number of rotatable bonds is 5. The number of hydrogen-bond acceptors (Lipinski definition) is 4. The third-order valence-electron chi connectivity index (χ3n) is 5.67. The van der Waals surface area contributed by atoms with E-state index in [4.69, 9.17) is 0 Å². The van der Waals surface area contributed by atoms with Gasteiger partial charge in [-0.15, -0.1) is 0 Å². The summed E-state index contributed by atoms with van der Waals surface area (Å²) in [7, 11) is 0. The molecule has 3 aromatic rings. The molecule has 0 unspecified atom stereocenters. The summed E-state index contributed by atoms with van der Waals surface area (Å²) < 4.78 is 82.1. The molecule has 170 valence electrons. The first-order valence-electron chi connectivity index (χ1n) is 9.76. The van der Waals surface area contributed by atoms with Crippen LogP contribution in [0.2, 0.25) is 0 Å². The van der Waals surface area contributed by atoms with Crippen LogP contribution in [0.15, 0.2) is 35.3 Å². The zero-order valence-electron chi connectivity index (χ0n) is 17.0. The first-order valence-corrected chi connectivity index (χ1v) is 9.76. The fourth-order valence-corrected chi connectivity index (χ4v) is 3.80. The van der Waals surface area contributed by atoms with Gasteiger partial charge in [0.05, 0.1) is 22.5 Å². The number of pyridine rings is 1. The maximum Gasteiger partial charge on any atom is 0.412 e. The van der Waals surface area contributed by atoms with Gasteiger partial charge in [0.15, 0.2) is 0 Å². The van der Waals surface area contributed by atoms with Crippen molar-refractivity contribution in [2.75, 3.05) is 5.32 Å². The summed E-state index contributed by atoms with van der Waals surface area (Å²) in [5, 5.41) is 3.00. The number of aryl methyl sites for hydroxylation is 1. The van der Waals surface area contributed by atoms with E-state index in [1.54, 1.807) is 0 Å². The highest BCUT2D eigenvalue weighted by Gasteiger charge is 2.65. The first kappa shape index (κ1) is 22.1. The van der Waals surface area contributed by atoms with Crippen LogP contribution in [-0.2, 0) is 5.54 Å². The fraction of sp³-hybridized carbons (Fsp3) is 0.381. The van der Waals surface area contributed by atoms with Crippen molar-refractivity contribution in [1.82, 2.24) is 14.5 Å². The quantitative estimate of drug-likeness (QED) is 0.523. The van der Waals surface area contributed by atoms with E-state index in [-0.39, 0.29) is 41.0 Å². The van der Waals surface area contributed by atoms with Gasteiger partial charge >= 0.3 is 6.18 Å². The van der Waals surface area contributed by atoms with Crippen LogP contribution in [0.3, 0.4) is 0 Å². The molecule has 1 saturated carbocycles. The number of benzene rings is 1. The van der Waals surface area contributed by atoms with Crippen LogP contribution in [0.5, 0.6) is 0 Å². The Morgan fingerprint density at radius 2 is 1.81 bits per heavy atom. The number of alkyl halides is 5. The Bertz CT molecular complexity index is 1250. The number of nitrogens with zero attached hydrogens (tertiary/aromatic N) is 3. The minimum absolute atomic E-state index is 0.0607. The van der Waals surface area contributed by atoms with Crippen molar-refractivity contribution in [3.8, 4) is 0 Å². The van der Waals surface area contributed by atoms with Gasteiger partial charge < -0.3 is 5.32 Å². The molecule has 0 aliphatic heterocycles. The predicted molar refractivity (Wildman–Crippen MR) is 105 cm³/mol. The van der Waals surface area contributed by atoms with Crippen molar-refractivity contribution < 1.29 is 26.3 Å². The van der Waals surface area contributed by atoms with Crippen molar-refractivity contribution in [2.45, 2.75) is 50.9 Å². The fourth-order valence-electron chi connectivity index (χ4n) is 3.80. The van der Waals surface area contributed by atoms with Crippen LogP contribution in [0.1, 0.15) is 49.2 Å². The highest BCUT2D eigenvalue weighted by Crippen LogP contribution is 2.54. The molecule has 1 N–H and O–H groups in total. The van der Waals surface area contributed by atoms with Gasteiger partial charge in [0, 0.05) is 17.8 Å². The van der Waals surface area contributed by atoms with Crippen LogP contribution in [0.25, 0.3) is 10.9 Å².